The van der Waals surface area contributed by atoms with Gasteiger partial charge < -0.3 is 15.4 Å². The second-order valence-corrected chi connectivity index (χ2v) is 4.37. The lowest BCUT2D eigenvalue weighted by atomic mass is 10.1. The van der Waals surface area contributed by atoms with E-state index in [1.807, 2.05) is 0 Å². The monoisotopic (exact) mass is 227 g/mol. The molecule has 1 aliphatic carbocycles. The summed E-state index contributed by atoms with van der Waals surface area (Å²) >= 11 is 0. The molecule has 2 N–H and O–H groups in total. The van der Waals surface area contributed by atoms with Crippen LogP contribution >= 0.6 is 0 Å². The lowest BCUT2D eigenvalue weighted by Gasteiger charge is -2.31. The quantitative estimate of drug-likeness (QED) is 0.531. The van der Waals surface area contributed by atoms with Crippen molar-refractivity contribution in [3.63, 3.8) is 0 Å². The Morgan fingerprint density at radius 2 is 2.06 bits per heavy atom. The number of methoxy groups -OCH3 is 1. The largest absolute Gasteiger partial charge is 0.383 e. The fourth-order valence-electron chi connectivity index (χ4n) is 1.87. The van der Waals surface area contributed by atoms with E-state index in [4.69, 9.17) is 10.5 Å². The number of guanidine groups is 1. The summed E-state index contributed by atoms with van der Waals surface area (Å²) < 4.78 is 5.13. The SMILES string of the molecule is CCC(CC)N(CCOC)C(N)=NC1CC1. The van der Waals surface area contributed by atoms with Gasteiger partial charge in [-0.2, -0.15) is 0 Å². The van der Waals surface area contributed by atoms with Crippen LogP contribution in [0.3, 0.4) is 0 Å². The van der Waals surface area contributed by atoms with Gasteiger partial charge in [0.2, 0.25) is 0 Å². The van der Waals surface area contributed by atoms with Gasteiger partial charge in [-0.15, -0.1) is 0 Å². The highest BCUT2D eigenvalue weighted by molar-refractivity contribution is 5.78. The van der Waals surface area contributed by atoms with Crippen LogP contribution in [-0.4, -0.2) is 43.2 Å². The standard InChI is InChI=1S/C12H25N3O/c1-4-11(5-2)15(8-9-16-3)12(13)14-10-6-7-10/h10-11H,4-9H2,1-3H3,(H2,13,14). The lowest BCUT2D eigenvalue weighted by Crippen LogP contribution is -2.46. The Labute approximate surface area is 98.9 Å². The molecular weight excluding hydrogens is 202 g/mol. The van der Waals surface area contributed by atoms with E-state index in [0.29, 0.717) is 24.7 Å². The zero-order valence-corrected chi connectivity index (χ0v) is 10.8. The molecule has 0 saturated heterocycles. The molecule has 0 amide bonds. The maximum absolute atomic E-state index is 6.07. The van der Waals surface area contributed by atoms with Crippen LogP contribution in [-0.2, 0) is 4.74 Å². The van der Waals surface area contributed by atoms with Gasteiger partial charge in [0.05, 0.1) is 12.6 Å². The van der Waals surface area contributed by atoms with Gasteiger partial charge in [-0.05, 0) is 25.7 Å². The van der Waals surface area contributed by atoms with Crippen LogP contribution in [0.1, 0.15) is 39.5 Å². The third kappa shape index (κ3) is 4.00. The zero-order valence-electron chi connectivity index (χ0n) is 10.8. The summed E-state index contributed by atoms with van der Waals surface area (Å²) in [6, 6.07) is 0.969. The van der Waals surface area contributed by atoms with Crippen molar-refractivity contribution < 1.29 is 4.74 Å². The van der Waals surface area contributed by atoms with E-state index in [-0.39, 0.29) is 0 Å². The van der Waals surface area contributed by atoms with Crippen LogP contribution < -0.4 is 5.73 Å². The van der Waals surface area contributed by atoms with Gasteiger partial charge in [0, 0.05) is 19.7 Å². The summed E-state index contributed by atoms with van der Waals surface area (Å²) in [5.74, 6) is 0.702. The summed E-state index contributed by atoms with van der Waals surface area (Å²) in [4.78, 5) is 6.72. The molecule has 4 heteroatoms. The number of nitrogens with two attached hydrogens (primary N) is 1. The molecule has 0 aliphatic heterocycles. The van der Waals surface area contributed by atoms with Gasteiger partial charge in [-0.1, -0.05) is 13.8 Å². The molecule has 0 heterocycles. The summed E-state index contributed by atoms with van der Waals surface area (Å²) in [6.07, 6.45) is 4.59. The van der Waals surface area contributed by atoms with Crippen molar-refractivity contribution in [2.24, 2.45) is 10.7 Å². The molecule has 94 valence electrons. The van der Waals surface area contributed by atoms with Crippen molar-refractivity contribution >= 4 is 5.96 Å². The van der Waals surface area contributed by atoms with Crippen molar-refractivity contribution in [2.45, 2.75) is 51.6 Å². The maximum atomic E-state index is 6.07. The predicted octanol–water partition coefficient (Wildman–Crippen LogP) is 1.60. The molecule has 0 radical (unpaired) electrons. The Kier molecular flexibility index (Phi) is 5.60. The number of hydrogen-bond acceptors (Lipinski definition) is 2. The molecule has 1 rings (SSSR count). The normalized spacial score (nSPS) is 16.9. The third-order valence-electron chi connectivity index (χ3n) is 3.08. The number of rotatable bonds is 7. The lowest BCUT2D eigenvalue weighted by molar-refractivity contribution is 0.157. The maximum Gasteiger partial charge on any atom is 0.191 e. The number of ether oxygens (including phenoxy) is 1. The van der Waals surface area contributed by atoms with Crippen molar-refractivity contribution in [3.8, 4) is 0 Å². The molecule has 4 nitrogen and oxygen atoms in total. The van der Waals surface area contributed by atoms with Gasteiger partial charge >= 0.3 is 0 Å². The first-order valence-electron chi connectivity index (χ1n) is 6.31. The Balaban J connectivity index is 2.59. The minimum atomic E-state index is 0.484. The van der Waals surface area contributed by atoms with Crippen molar-refractivity contribution in [2.75, 3.05) is 20.3 Å². The van der Waals surface area contributed by atoms with E-state index in [1.54, 1.807) is 7.11 Å². The van der Waals surface area contributed by atoms with Crippen molar-refractivity contribution in [1.29, 1.82) is 0 Å². The first kappa shape index (κ1) is 13.3. The molecule has 16 heavy (non-hydrogen) atoms. The fourth-order valence-corrected chi connectivity index (χ4v) is 1.87. The minimum Gasteiger partial charge on any atom is -0.383 e. The first-order chi connectivity index (χ1) is 7.72. The molecule has 1 saturated carbocycles. The third-order valence-corrected chi connectivity index (χ3v) is 3.08. The molecule has 0 unspecified atom stereocenters. The highest BCUT2D eigenvalue weighted by atomic mass is 16.5. The second kappa shape index (κ2) is 6.74. The Morgan fingerprint density at radius 3 is 2.50 bits per heavy atom. The Hall–Kier alpha value is -0.770. The van der Waals surface area contributed by atoms with Gasteiger partial charge in [0.25, 0.3) is 0 Å². The van der Waals surface area contributed by atoms with Crippen LogP contribution in [0.4, 0.5) is 0 Å². The highest BCUT2D eigenvalue weighted by Crippen LogP contribution is 2.24. The average Bonchev–Trinajstić information content (AvgIpc) is 3.08. The molecule has 0 bridgehead atoms. The summed E-state index contributed by atoms with van der Waals surface area (Å²) in [5.41, 5.74) is 6.07. The molecular formula is C12H25N3O. The molecule has 0 aromatic rings. The second-order valence-electron chi connectivity index (χ2n) is 4.37. The van der Waals surface area contributed by atoms with Crippen LogP contribution in [0.2, 0.25) is 0 Å². The van der Waals surface area contributed by atoms with Gasteiger partial charge in [-0.25, -0.2) is 4.99 Å². The summed E-state index contributed by atoms with van der Waals surface area (Å²) in [5, 5.41) is 0. The van der Waals surface area contributed by atoms with Gasteiger partial charge in [-0.3, -0.25) is 0 Å². The smallest absolute Gasteiger partial charge is 0.191 e. The van der Waals surface area contributed by atoms with Crippen LogP contribution in [0, 0.1) is 0 Å². The van der Waals surface area contributed by atoms with Crippen LogP contribution in [0.15, 0.2) is 4.99 Å². The van der Waals surface area contributed by atoms with E-state index in [9.17, 15) is 0 Å². The minimum absolute atomic E-state index is 0.484. The van der Waals surface area contributed by atoms with Crippen LogP contribution in [0.5, 0.6) is 0 Å². The fraction of sp³-hybridized carbons (Fsp3) is 0.917. The molecule has 0 aromatic carbocycles. The average molecular weight is 227 g/mol. The van der Waals surface area contributed by atoms with E-state index in [2.05, 4.69) is 23.7 Å². The number of nitrogens with zero attached hydrogens (tertiary/aromatic N) is 2. The van der Waals surface area contributed by atoms with Crippen LogP contribution in [0.25, 0.3) is 0 Å². The van der Waals surface area contributed by atoms with E-state index >= 15 is 0 Å². The van der Waals surface area contributed by atoms with E-state index in [1.165, 1.54) is 12.8 Å². The van der Waals surface area contributed by atoms with Crippen molar-refractivity contribution in [1.82, 2.24) is 4.90 Å². The topological polar surface area (TPSA) is 50.9 Å². The first-order valence-corrected chi connectivity index (χ1v) is 6.31. The van der Waals surface area contributed by atoms with E-state index < -0.39 is 0 Å². The van der Waals surface area contributed by atoms with Crippen molar-refractivity contribution in [3.05, 3.63) is 0 Å². The number of hydrogen-bond donors (Lipinski definition) is 1. The molecule has 0 atom stereocenters. The Bertz CT molecular complexity index is 222. The molecule has 0 spiro atoms. The molecule has 1 fully saturated rings. The highest BCUT2D eigenvalue weighted by Gasteiger charge is 2.23. The number of aliphatic imine (C=N–C) groups is 1. The Morgan fingerprint density at radius 1 is 1.44 bits per heavy atom. The predicted molar refractivity (Wildman–Crippen MR) is 67.6 cm³/mol. The van der Waals surface area contributed by atoms with E-state index in [0.717, 1.165) is 19.4 Å². The van der Waals surface area contributed by atoms with Gasteiger partial charge in [0.1, 0.15) is 0 Å². The zero-order chi connectivity index (χ0) is 12.0. The van der Waals surface area contributed by atoms with Gasteiger partial charge in [0.15, 0.2) is 5.96 Å². The summed E-state index contributed by atoms with van der Waals surface area (Å²) in [7, 11) is 1.72. The molecule has 1 aliphatic rings. The summed E-state index contributed by atoms with van der Waals surface area (Å²) in [6.45, 7) is 5.93. The molecule has 0 aromatic heterocycles.